The van der Waals surface area contributed by atoms with E-state index >= 15 is 0 Å². The lowest BCUT2D eigenvalue weighted by molar-refractivity contribution is -0.155. The number of aryl methyl sites for hydroxylation is 1. The summed E-state index contributed by atoms with van der Waals surface area (Å²) in [6, 6.07) is 16.5. The molecule has 0 unspecified atom stereocenters. The second-order valence-corrected chi connectivity index (χ2v) is 10.7. The van der Waals surface area contributed by atoms with Crippen LogP contribution in [-0.4, -0.2) is 45.9 Å². The van der Waals surface area contributed by atoms with E-state index in [0.717, 1.165) is 22.0 Å². The fourth-order valence-electron chi connectivity index (χ4n) is 5.10. The predicted molar refractivity (Wildman–Crippen MR) is 138 cm³/mol. The number of para-hydroxylation sites is 1. The Morgan fingerprint density at radius 2 is 1.74 bits per heavy atom. The lowest BCUT2D eigenvalue weighted by atomic mass is 9.66. The third-order valence-corrected chi connectivity index (χ3v) is 7.40. The van der Waals surface area contributed by atoms with Crippen molar-refractivity contribution in [3.63, 3.8) is 0 Å². The van der Waals surface area contributed by atoms with Crippen LogP contribution in [0.1, 0.15) is 55.6 Å². The van der Waals surface area contributed by atoms with Crippen molar-refractivity contribution in [2.75, 3.05) is 13.1 Å². The maximum atomic E-state index is 13.7. The van der Waals surface area contributed by atoms with Crippen LogP contribution in [0.4, 0.5) is 0 Å². The van der Waals surface area contributed by atoms with Gasteiger partial charge in [-0.2, -0.15) is 0 Å². The van der Waals surface area contributed by atoms with Crippen molar-refractivity contribution < 1.29 is 14.7 Å². The van der Waals surface area contributed by atoms with Crippen LogP contribution in [0, 0.1) is 18.3 Å². The predicted octanol–water partition coefficient (Wildman–Crippen LogP) is 4.44. The molecule has 0 bridgehead atoms. The molecule has 6 heteroatoms. The number of piperidine rings is 1. The molecule has 2 aromatic carbocycles. The first kappa shape index (κ1) is 24.9. The summed E-state index contributed by atoms with van der Waals surface area (Å²) >= 11 is 0. The molecule has 1 aliphatic rings. The van der Waals surface area contributed by atoms with Gasteiger partial charge in [0.25, 0.3) is 5.91 Å². The lowest BCUT2D eigenvalue weighted by Crippen LogP contribution is -2.60. The van der Waals surface area contributed by atoms with Gasteiger partial charge in [-0.15, -0.1) is 0 Å². The van der Waals surface area contributed by atoms with Crippen molar-refractivity contribution >= 4 is 22.7 Å². The van der Waals surface area contributed by atoms with E-state index in [2.05, 4.69) is 10.3 Å². The maximum absolute atomic E-state index is 13.7. The first-order valence-corrected chi connectivity index (χ1v) is 12.3. The molecular weight excluding hydrogens is 438 g/mol. The van der Waals surface area contributed by atoms with Crippen LogP contribution in [-0.2, 0) is 10.4 Å². The van der Waals surface area contributed by atoms with E-state index in [4.69, 9.17) is 0 Å². The molecule has 1 saturated heterocycles. The van der Waals surface area contributed by atoms with Crippen LogP contribution >= 0.6 is 0 Å². The number of aliphatic hydroxyl groups is 1. The molecule has 4 rings (SSSR count). The Kier molecular flexibility index (Phi) is 6.69. The number of nitrogens with zero attached hydrogens (tertiary/aromatic N) is 2. The Morgan fingerprint density at radius 1 is 1.06 bits per heavy atom. The zero-order chi connectivity index (χ0) is 25.4. The summed E-state index contributed by atoms with van der Waals surface area (Å²) in [4.78, 5) is 33.0. The minimum absolute atomic E-state index is 0.0967. The van der Waals surface area contributed by atoms with E-state index < -0.39 is 17.1 Å². The Labute approximate surface area is 207 Å². The highest BCUT2D eigenvalue weighted by atomic mass is 16.3. The molecule has 0 radical (unpaired) electrons. The van der Waals surface area contributed by atoms with Crippen LogP contribution in [0.3, 0.4) is 0 Å². The van der Waals surface area contributed by atoms with E-state index in [1.54, 1.807) is 17.2 Å². The summed E-state index contributed by atoms with van der Waals surface area (Å²) in [5.41, 5.74) is 1.65. The zero-order valence-electron chi connectivity index (χ0n) is 21.2. The number of fused-ring (bicyclic) bond motifs is 1. The number of pyridine rings is 1. The lowest BCUT2D eigenvalue weighted by Gasteiger charge is -2.51. The molecule has 6 nitrogen and oxygen atoms in total. The molecule has 2 N–H and O–H groups in total. The smallest absolute Gasteiger partial charge is 0.252 e. The number of hydrogen-bond acceptors (Lipinski definition) is 4. The van der Waals surface area contributed by atoms with Crippen LogP contribution in [0.15, 0.2) is 60.8 Å². The van der Waals surface area contributed by atoms with Crippen molar-refractivity contribution in [1.29, 1.82) is 0 Å². The standard InChI is InChI=1S/C29H35N3O3/c1-19(2)25(31-26(33)23-14-16-30-24-9-7-6-8-22(23)24)27(34)32-17-15-29(35,28(4,5)18-32)21-12-10-20(3)11-13-21/h6-14,16,19,25,35H,15,17-18H2,1-5H3,(H,31,33)/t25-,29+/m1/s1. The zero-order valence-corrected chi connectivity index (χ0v) is 21.2. The van der Waals surface area contributed by atoms with Gasteiger partial charge in [0.05, 0.1) is 16.7 Å². The van der Waals surface area contributed by atoms with E-state index in [0.29, 0.717) is 25.1 Å². The average molecular weight is 474 g/mol. The molecule has 1 aliphatic heterocycles. The molecule has 1 fully saturated rings. The largest absolute Gasteiger partial charge is 0.384 e. The minimum Gasteiger partial charge on any atom is -0.384 e. The summed E-state index contributed by atoms with van der Waals surface area (Å²) < 4.78 is 0. The fourth-order valence-corrected chi connectivity index (χ4v) is 5.10. The van der Waals surface area contributed by atoms with Gasteiger partial charge in [0.2, 0.25) is 5.91 Å². The highest BCUT2D eigenvalue weighted by Crippen LogP contribution is 2.46. The van der Waals surface area contributed by atoms with Gasteiger partial charge in [-0.3, -0.25) is 14.6 Å². The molecule has 35 heavy (non-hydrogen) atoms. The Balaban J connectivity index is 1.54. The van der Waals surface area contributed by atoms with Crippen molar-refractivity contribution in [3.8, 4) is 0 Å². The Hall–Kier alpha value is -3.25. The summed E-state index contributed by atoms with van der Waals surface area (Å²) in [5.74, 6) is -0.505. The third kappa shape index (κ3) is 4.67. The normalized spacial score (nSPS) is 20.6. The minimum atomic E-state index is -1.04. The topological polar surface area (TPSA) is 82.5 Å². The van der Waals surface area contributed by atoms with Gasteiger partial charge in [-0.25, -0.2) is 0 Å². The quantitative estimate of drug-likeness (QED) is 0.574. The van der Waals surface area contributed by atoms with Crippen molar-refractivity contribution in [2.24, 2.45) is 11.3 Å². The Bertz CT molecular complexity index is 1230. The van der Waals surface area contributed by atoms with Crippen molar-refractivity contribution in [1.82, 2.24) is 15.2 Å². The maximum Gasteiger partial charge on any atom is 0.252 e. The molecular formula is C29H35N3O3. The van der Waals surface area contributed by atoms with E-state index in [1.165, 1.54) is 0 Å². The van der Waals surface area contributed by atoms with Crippen LogP contribution in [0.2, 0.25) is 0 Å². The molecule has 1 aromatic heterocycles. The van der Waals surface area contributed by atoms with Gasteiger partial charge in [-0.05, 0) is 37.0 Å². The summed E-state index contributed by atoms with van der Waals surface area (Å²) in [7, 11) is 0. The van der Waals surface area contributed by atoms with Crippen molar-refractivity contribution in [2.45, 2.75) is 52.7 Å². The van der Waals surface area contributed by atoms with Gasteiger partial charge >= 0.3 is 0 Å². The third-order valence-electron chi connectivity index (χ3n) is 7.40. The number of rotatable bonds is 5. The average Bonchev–Trinajstić information content (AvgIpc) is 2.83. The van der Waals surface area contributed by atoms with Gasteiger partial charge in [0, 0.05) is 30.1 Å². The number of hydrogen-bond donors (Lipinski definition) is 2. The van der Waals surface area contributed by atoms with Crippen LogP contribution in [0.5, 0.6) is 0 Å². The Morgan fingerprint density at radius 3 is 2.40 bits per heavy atom. The number of amides is 2. The second kappa shape index (κ2) is 9.42. The highest BCUT2D eigenvalue weighted by Gasteiger charge is 2.50. The highest BCUT2D eigenvalue weighted by molar-refractivity contribution is 6.07. The molecule has 2 amide bonds. The van der Waals surface area contributed by atoms with Gasteiger partial charge < -0.3 is 15.3 Å². The molecule has 0 spiro atoms. The molecule has 0 aliphatic carbocycles. The van der Waals surface area contributed by atoms with E-state index in [9.17, 15) is 14.7 Å². The summed E-state index contributed by atoms with van der Waals surface area (Å²) in [6.07, 6.45) is 2.05. The first-order valence-electron chi connectivity index (χ1n) is 12.3. The van der Waals surface area contributed by atoms with E-state index in [-0.39, 0.29) is 17.7 Å². The first-order chi connectivity index (χ1) is 16.5. The number of carbonyl (C=O) groups is 2. The number of nitrogens with one attached hydrogen (secondary N) is 1. The number of carbonyl (C=O) groups excluding carboxylic acids is 2. The number of benzene rings is 2. The van der Waals surface area contributed by atoms with Crippen LogP contribution in [0.25, 0.3) is 10.9 Å². The monoisotopic (exact) mass is 473 g/mol. The molecule has 184 valence electrons. The molecule has 0 saturated carbocycles. The SMILES string of the molecule is Cc1ccc([C@@]2(O)CCN(C(=O)[C@H](NC(=O)c3ccnc4ccccc34)C(C)C)CC2(C)C)cc1. The fraction of sp³-hybridized carbons (Fsp3) is 0.414. The second-order valence-electron chi connectivity index (χ2n) is 10.7. The van der Waals surface area contributed by atoms with Crippen LogP contribution < -0.4 is 5.32 Å². The van der Waals surface area contributed by atoms with Crippen molar-refractivity contribution in [3.05, 3.63) is 77.5 Å². The number of likely N-dealkylation sites (tertiary alicyclic amines) is 1. The summed E-state index contributed by atoms with van der Waals surface area (Å²) in [5, 5.41) is 15.4. The molecule has 2 heterocycles. The molecule has 2 atom stereocenters. The number of aromatic nitrogens is 1. The van der Waals surface area contributed by atoms with E-state index in [1.807, 2.05) is 83.1 Å². The molecule has 3 aromatic rings. The van der Waals surface area contributed by atoms with Gasteiger partial charge in [0.1, 0.15) is 6.04 Å². The van der Waals surface area contributed by atoms with Gasteiger partial charge in [0.15, 0.2) is 0 Å². The van der Waals surface area contributed by atoms with Gasteiger partial charge in [-0.1, -0.05) is 75.7 Å². The summed E-state index contributed by atoms with van der Waals surface area (Å²) in [6.45, 7) is 10.7.